The molecule has 0 aliphatic heterocycles. The zero-order chi connectivity index (χ0) is 21.0. The highest BCUT2D eigenvalue weighted by atomic mass is 16.6. The number of fused-ring (bicyclic) bond motifs is 1. The Bertz CT molecular complexity index is 1080. The molecule has 0 radical (unpaired) electrons. The van der Waals surface area contributed by atoms with Gasteiger partial charge in [-0.3, -0.25) is 4.79 Å². The molecule has 0 spiro atoms. The standard InChI is InChI=1S/C22H22O7/c1-22(2,3)29-20(23)13-26-15-8-9-17-18(11-15)27-12-19(21(17)24)28-16-7-5-6-14(10-16)25-4/h5-12H,13H2,1-4H3. The highest BCUT2D eigenvalue weighted by Gasteiger charge is 2.17. The number of hydrogen-bond donors (Lipinski definition) is 0. The summed E-state index contributed by atoms with van der Waals surface area (Å²) in [6.45, 7) is 5.09. The van der Waals surface area contributed by atoms with Gasteiger partial charge in [-0.05, 0) is 45.0 Å². The third-order valence-corrected chi connectivity index (χ3v) is 3.76. The lowest BCUT2D eigenvalue weighted by atomic mass is 10.2. The maximum atomic E-state index is 12.7. The molecule has 0 bridgehead atoms. The number of carbonyl (C=O) groups excluding carboxylic acids is 1. The van der Waals surface area contributed by atoms with E-state index in [1.165, 1.54) is 12.3 Å². The molecule has 0 fully saturated rings. The fourth-order valence-electron chi connectivity index (χ4n) is 2.56. The Kier molecular flexibility index (Phi) is 5.77. The number of rotatable bonds is 6. The van der Waals surface area contributed by atoms with E-state index >= 15 is 0 Å². The minimum Gasteiger partial charge on any atom is -0.497 e. The normalized spacial score (nSPS) is 11.2. The summed E-state index contributed by atoms with van der Waals surface area (Å²) in [5.41, 5.74) is -0.599. The highest BCUT2D eigenvalue weighted by Crippen LogP contribution is 2.26. The largest absolute Gasteiger partial charge is 0.497 e. The van der Waals surface area contributed by atoms with Crippen LogP contribution in [-0.4, -0.2) is 25.3 Å². The van der Waals surface area contributed by atoms with Crippen LogP contribution < -0.4 is 19.6 Å². The number of benzene rings is 2. The minimum atomic E-state index is -0.588. The molecule has 0 atom stereocenters. The first kappa shape index (κ1) is 20.3. The minimum absolute atomic E-state index is 0.0492. The topological polar surface area (TPSA) is 84.2 Å². The first-order valence-corrected chi connectivity index (χ1v) is 8.97. The van der Waals surface area contributed by atoms with Crippen molar-refractivity contribution in [2.24, 2.45) is 0 Å². The van der Waals surface area contributed by atoms with E-state index in [0.717, 1.165) is 0 Å². The van der Waals surface area contributed by atoms with Crippen LogP contribution in [0.4, 0.5) is 0 Å². The second-order valence-corrected chi connectivity index (χ2v) is 7.24. The smallest absolute Gasteiger partial charge is 0.344 e. The van der Waals surface area contributed by atoms with Gasteiger partial charge < -0.3 is 23.4 Å². The molecule has 0 aliphatic rings. The van der Waals surface area contributed by atoms with E-state index in [4.69, 9.17) is 23.4 Å². The van der Waals surface area contributed by atoms with Crippen LogP contribution in [0.15, 0.2) is 57.9 Å². The molecule has 3 aromatic rings. The maximum Gasteiger partial charge on any atom is 0.344 e. The molecule has 3 rings (SSSR count). The van der Waals surface area contributed by atoms with Crippen LogP contribution in [0.1, 0.15) is 20.8 Å². The Labute approximate surface area is 167 Å². The Morgan fingerprint density at radius 1 is 1.03 bits per heavy atom. The maximum absolute atomic E-state index is 12.7. The van der Waals surface area contributed by atoms with Gasteiger partial charge in [0.1, 0.15) is 34.7 Å². The second kappa shape index (κ2) is 8.26. The highest BCUT2D eigenvalue weighted by molar-refractivity contribution is 5.79. The molecule has 0 saturated carbocycles. The van der Waals surface area contributed by atoms with Crippen molar-refractivity contribution in [2.45, 2.75) is 26.4 Å². The number of hydrogen-bond acceptors (Lipinski definition) is 7. The molecule has 2 aromatic carbocycles. The van der Waals surface area contributed by atoms with Crippen LogP contribution in [0.2, 0.25) is 0 Å². The molecule has 0 amide bonds. The number of esters is 1. The molecule has 0 unspecified atom stereocenters. The van der Waals surface area contributed by atoms with Crippen molar-refractivity contribution in [2.75, 3.05) is 13.7 Å². The summed E-state index contributed by atoms with van der Waals surface area (Å²) in [6.07, 6.45) is 1.24. The average Bonchev–Trinajstić information content (AvgIpc) is 2.67. The lowest BCUT2D eigenvalue weighted by molar-refractivity contribution is -0.157. The zero-order valence-electron chi connectivity index (χ0n) is 16.7. The molecular formula is C22H22O7. The van der Waals surface area contributed by atoms with Gasteiger partial charge in [-0.2, -0.15) is 0 Å². The predicted octanol–water partition coefficient (Wildman–Crippen LogP) is 4.31. The first-order chi connectivity index (χ1) is 13.7. The second-order valence-electron chi connectivity index (χ2n) is 7.24. The lowest BCUT2D eigenvalue weighted by Gasteiger charge is -2.19. The summed E-state index contributed by atoms with van der Waals surface area (Å²) in [4.78, 5) is 24.5. The molecular weight excluding hydrogens is 376 g/mol. The molecule has 0 saturated heterocycles. The summed E-state index contributed by atoms with van der Waals surface area (Å²) in [5.74, 6) is 1.01. The number of ether oxygens (including phenoxy) is 4. The van der Waals surface area contributed by atoms with Crippen molar-refractivity contribution >= 4 is 16.9 Å². The molecule has 7 heteroatoms. The first-order valence-electron chi connectivity index (χ1n) is 8.97. The Morgan fingerprint density at radius 2 is 1.79 bits per heavy atom. The van der Waals surface area contributed by atoms with Crippen molar-refractivity contribution < 1.29 is 28.2 Å². The van der Waals surface area contributed by atoms with Crippen LogP contribution in [0.3, 0.4) is 0 Å². The van der Waals surface area contributed by atoms with E-state index in [-0.39, 0.29) is 17.8 Å². The predicted molar refractivity (Wildman–Crippen MR) is 107 cm³/mol. The fourth-order valence-corrected chi connectivity index (χ4v) is 2.56. The van der Waals surface area contributed by atoms with Gasteiger partial charge in [-0.15, -0.1) is 0 Å². The van der Waals surface area contributed by atoms with E-state index in [0.29, 0.717) is 28.2 Å². The van der Waals surface area contributed by atoms with E-state index in [1.807, 2.05) is 0 Å². The summed E-state index contributed by atoms with van der Waals surface area (Å²) in [5, 5.41) is 0.329. The lowest BCUT2D eigenvalue weighted by Crippen LogP contribution is -2.27. The summed E-state index contributed by atoms with van der Waals surface area (Å²) < 4.78 is 26.9. The van der Waals surface area contributed by atoms with E-state index in [2.05, 4.69) is 0 Å². The van der Waals surface area contributed by atoms with Gasteiger partial charge in [-0.1, -0.05) is 6.07 Å². The molecule has 1 heterocycles. The van der Waals surface area contributed by atoms with E-state index < -0.39 is 11.6 Å². The van der Waals surface area contributed by atoms with Gasteiger partial charge in [0.05, 0.1) is 12.5 Å². The zero-order valence-corrected chi connectivity index (χ0v) is 16.7. The van der Waals surface area contributed by atoms with Crippen LogP contribution in [-0.2, 0) is 9.53 Å². The van der Waals surface area contributed by atoms with Crippen molar-refractivity contribution in [3.05, 3.63) is 59.0 Å². The molecule has 0 aliphatic carbocycles. The Balaban J connectivity index is 1.76. The van der Waals surface area contributed by atoms with Crippen molar-refractivity contribution in [3.8, 4) is 23.0 Å². The molecule has 0 N–H and O–H groups in total. The third kappa shape index (κ3) is 5.28. The van der Waals surface area contributed by atoms with Gasteiger partial charge >= 0.3 is 5.97 Å². The van der Waals surface area contributed by atoms with Crippen molar-refractivity contribution in [1.29, 1.82) is 0 Å². The Morgan fingerprint density at radius 3 is 2.52 bits per heavy atom. The van der Waals surface area contributed by atoms with Crippen LogP contribution in [0.5, 0.6) is 23.0 Å². The van der Waals surface area contributed by atoms with Crippen molar-refractivity contribution in [1.82, 2.24) is 0 Å². The van der Waals surface area contributed by atoms with Gasteiger partial charge in [0, 0.05) is 12.1 Å². The SMILES string of the molecule is COc1cccc(Oc2coc3cc(OCC(=O)OC(C)(C)C)ccc3c2=O)c1. The summed E-state index contributed by atoms with van der Waals surface area (Å²) in [7, 11) is 1.55. The fraction of sp³-hybridized carbons (Fsp3) is 0.273. The number of methoxy groups -OCH3 is 1. The number of carbonyl (C=O) groups is 1. The Hall–Kier alpha value is -3.48. The van der Waals surface area contributed by atoms with Gasteiger partial charge in [0.2, 0.25) is 11.2 Å². The van der Waals surface area contributed by atoms with Crippen molar-refractivity contribution in [3.63, 3.8) is 0 Å². The molecule has 152 valence electrons. The average molecular weight is 398 g/mol. The quantitative estimate of drug-likeness (QED) is 0.572. The van der Waals surface area contributed by atoms with Crippen LogP contribution in [0, 0.1) is 0 Å². The van der Waals surface area contributed by atoms with E-state index in [9.17, 15) is 9.59 Å². The molecule has 7 nitrogen and oxygen atoms in total. The van der Waals surface area contributed by atoms with Gasteiger partial charge in [0.25, 0.3) is 0 Å². The third-order valence-electron chi connectivity index (χ3n) is 3.76. The summed E-state index contributed by atoms with van der Waals surface area (Å²) >= 11 is 0. The molecule has 1 aromatic heterocycles. The molecule has 29 heavy (non-hydrogen) atoms. The monoisotopic (exact) mass is 398 g/mol. The van der Waals surface area contributed by atoms with Gasteiger partial charge in [0.15, 0.2) is 6.61 Å². The van der Waals surface area contributed by atoms with Crippen LogP contribution >= 0.6 is 0 Å². The van der Waals surface area contributed by atoms with E-state index in [1.54, 1.807) is 64.3 Å². The summed E-state index contributed by atoms with van der Waals surface area (Å²) in [6, 6.07) is 11.6. The van der Waals surface area contributed by atoms with Crippen LogP contribution in [0.25, 0.3) is 11.0 Å². The van der Waals surface area contributed by atoms with Gasteiger partial charge in [-0.25, -0.2) is 4.79 Å².